The Morgan fingerprint density at radius 2 is 1.44 bits per heavy atom. The molecule has 2 N–H and O–H groups in total. The van der Waals surface area contributed by atoms with E-state index in [0.717, 1.165) is 67.6 Å². The molecule has 5 rings (SSSR count). The smallest absolute Gasteiger partial charge is 0.126 e. The maximum absolute atomic E-state index is 11.0. The second-order valence-corrected chi connectivity index (χ2v) is 9.75. The predicted molar refractivity (Wildman–Crippen MR) is 125 cm³/mol. The van der Waals surface area contributed by atoms with Gasteiger partial charge in [-0.05, 0) is 80.3 Å². The maximum atomic E-state index is 11.0. The van der Waals surface area contributed by atoms with Gasteiger partial charge >= 0.3 is 0 Å². The number of hydrogen-bond donors (Lipinski definition) is 2. The zero-order valence-electron chi connectivity index (χ0n) is 19.2. The van der Waals surface area contributed by atoms with Crippen LogP contribution in [0.5, 0.6) is 11.5 Å². The molecule has 4 bridgehead atoms. The van der Waals surface area contributed by atoms with E-state index in [-0.39, 0.29) is 18.2 Å². The molecule has 3 aliphatic rings. The van der Waals surface area contributed by atoms with E-state index in [4.69, 9.17) is 9.47 Å². The van der Waals surface area contributed by atoms with E-state index in [2.05, 4.69) is 35.2 Å². The highest BCUT2D eigenvalue weighted by Gasteiger charge is 2.42. The molecule has 5 atom stereocenters. The number of piperidine rings is 2. The minimum atomic E-state index is -0.324. The average molecular weight is 438 g/mol. The van der Waals surface area contributed by atoms with Crippen LogP contribution in [0.25, 0.3) is 11.1 Å². The number of aryl methyl sites for hydroxylation is 1. The fourth-order valence-electron chi connectivity index (χ4n) is 6.30. The van der Waals surface area contributed by atoms with Gasteiger partial charge < -0.3 is 19.7 Å². The molecule has 3 aliphatic heterocycles. The predicted octanol–water partition coefficient (Wildman–Crippen LogP) is 4.49. The third-order valence-corrected chi connectivity index (χ3v) is 7.79. The van der Waals surface area contributed by atoms with Gasteiger partial charge in [0.05, 0.1) is 26.4 Å². The molecule has 0 spiro atoms. The van der Waals surface area contributed by atoms with Crippen LogP contribution in [0.1, 0.15) is 62.1 Å². The van der Waals surface area contributed by atoms with Gasteiger partial charge in [0, 0.05) is 29.3 Å². The van der Waals surface area contributed by atoms with Crippen LogP contribution in [0.4, 0.5) is 0 Å². The van der Waals surface area contributed by atoms with E-state index in [1.807, 2.05) is 6.07 Å². The number of ether oxygens (including phenoxy) is 2. The van der Waals surface area contributed by atoms with Crippen molar-refractivity contribution in [2.24, 2.45) is 0 Å². The lowest BCUT2D eigenvalue weighted by molar-refractivity contribution is -0.0599. The second kappa shape index (κ2) is 9.05. The van der Waals surface area contributed by atoms with Crippen molar-refractivity contribution in [1.29, 1.82) is 0 Å². The number of benzene rings is 2. The summed E-state index contributed by atoms with van der Waals surface area (Å²) < 4.78 is 11.5. The first-order valence-corrected chi connectivity index (χ1v) is 12.1. The molecule has 2 fully saturated rings. The number of rotatable bonds is 2. The molecule has 5 unspecified atom stereocenters. The quantitative estimate of drug-likeness (QED) is 0.725. The molecule has 0 amide bonds. The van der Waals surface area contributed by atoms with E-state index in [1.54, 1.807) is 14.2 Å². The summed E-state index contributed by atoms with van der Waals surface area (Å²) in [5.74, 6) is 1.64. The van der Waals surface area contributed by atoms with E-state index in [9.17, 15) is 10.2 Å². The second-order valence-electron chi connectivity index (χ2n) is 9.75. The molecule has 5 heteroatoms. The molecule has 0 saturated carbocycles. The zero-order chi connectivity index (χ0) is 22.2. The summed E-state index contributed by atoms with van der Waals surface area (Å²) in [4.78, 5) is 2.63. The van der Waals surface area contributed by atoms with Crippen LogP contribution in [0, 0.1) is 0 Å². The Kier molecular flexibility index (Phi) is 6.15. The number of hydrogen-bond acceptors (Lipinski definition) is 5. The SMILES string of the molecule is COc1ccc2cc1-c1cc(ccc1OC)C1CC(O)CC3CCCC(CC(O)CC2)N31. The summed E-state index contributed by atoms with van der Waals surface area (Å²) in [6, 6.07) is 13.6. The minimum Gasteiger partial charge on any atom is -0.496 e. The first-order chi connectivity index (χ1) is 15.6. The lowest BCUT2D eigenvalue weighted by atomic mass is 9.80. The van der Waals surface area contributed by atoms with Gasteiger partial charge in [-0.25, -0.2) is 0 Å². The van der Waals surface area contributed by atoms with E-state index in [0.29, 0.717) is 12.1 Å². The van der Waals surface area contributed by atoms with Gasteiger partial charge in [0.2, 0.25) is 0 Å². The summed E-state index contributed by atoms with van der Waals surface area (Å²) in [6.45, 7) is 0. The Morgan fingerprint density at radius 1 is 0.781 bits per heavy atom. The van der Waals surface area contributed by atoms with Crippen molar-refractivity contribution in [2.75, 3.05) is 14.2 Å². The number of fused-ring (bicyclic) bond motifs is 6. The summed E-state index contributed by atoms with van der Waals surface area (Å²) in [7, 11) is 3.41. The van der Waals surface area contributed by atoms with Crippen molar-refractivity contribution in [3.63, 3.8) is 0 Å². The Bertz CT molecular complexity index is 961. The number of aliphatic hydroxyl groups excluding tert-OH is 2. The molecule has 2 aromatic carbocycles. The van der Waals surface area contributed by atoms with E-state index in [1.165, 1.54) is 17.5 Å². The van der Waals surface area contributed by atoms with Crippen molar-refractivity contribution >= 4 is 0 Å². The fourth-order valence-corrected chi connectivity index (χ4v) is 6.30. The van der Waals surface area contributed by atoms with E-state index < -0.39 is 0 Å². The van der Waals surface area contributed by atoms with Crippen molar-refractivity contribution in [2.45, 2.75) is 81.7 Å². The van der Waals surface area contributed by atoms with Gasteiger partial charge in [-0.15, -0.1) is 0 Å². The van der Waals surface area contributed by atoms with Crippen LogP contribution < -0.4 is 9.47 Å². The van der Waals surface area contributed by atoms with Gasteiger partial charge in [0.25, 0.3) is 0 Å². The highest BCUT2D eigenvalue weighted by atomic mass is 16.5. The summed E-state index contributed by atoms with van der Waals surface area (Å²) >= 11 is 0. The van der Waals surface area contributed by atoms with Crippen molar-refractivity contribution in [3.8, 4) is 22.6 Å². The van der Waals surface area contributed by atoms with Gasteiger partial charge in [0.15, 0.2) is 0 Å². The van der Waals surface area contributed by atoms with Gasteiger partial charge in [-0.2, -0.15) is 0 Å². The molecule has 2 saturated heterocycles. The molecule has 3 heterocycles. The van der Waals surface area contributed by atoms with Gasteiger partial charge in [-0.3, -0.25) is 4.90 Å². The van der Waals surface area contributed by atoms with E-state index >= 15 is 0 Å². The zero-order valence-corrected chi connectivity index (χ0v) is 19.2. The van der Waals surface area contributed by atoms with Crippen molar-refractivity contribution in [1.82, 2.24) is 4.90 Å². The largest absolute Gasteiger partial charge is 0.496 e. The molecular formula is C27H35NO4. The Labute approximate surface area is 191 Å². The molecule has 0 aliphatic carbocycles. The topological polar surface area (TPSA) is 62.2 Å². The third kappa shape index (κ3) is 4.02. The molecule has 172 valence electrons. The number of methoxy groups -OCH3 is 2. The Morgan fingerprint density at radius 3 is 2.16 bits per heavy atom. The van der Waals surface area contributed by atoms with Crippen LogP contribution >= 0.6 is 0 Å². The molecule has 5 nitrogen and oxygen atoms in total. The van der Waals surface area contributed by atoms with Crippen LogP contribution in [0.3, 0.4) is 0 Å². The first-order valence-electron chi connectivity index (χ1n) is 12.1. The summed E-state index contributed by atoms with van der Waals surface area (Å²) in [5.41, 5.74) is 4.44. The van der Waals surface area contributed by atoms with Crippen LogP contribution in [0.15, 0.2) is 36.4 Å². The molecule has 0 aromatic heterocycles. The summed E-state index contributed by atoms with van der Waals surface area (Å²) in [5, 5.41) is 21.7. The molecule has 2 aromatic rings. The van der Waals surface area contributed by atoms with Crippen molar-refractivity contribution in [3.05, 3.63) is 47.5 Å². The van der Waals surface area contributed by atoms with Crippen molar-refractivity contribution < 1.29 is 19.7 Å². The van der Waals surface area contributed by atoms with Crippen LogP contribution in [0.2, 0.25) is 0 Å². The lowest BCUT2D eigenvalue weighted by Gasteiger charge is -2.51. The maximum Gasteiger partial charge on any atom is 0.126 e. The molecule has 32 heavy (non-hydrogen) atoms. The number of aliphatic hydroxyl groups is 2. The monoisotopic (exact) mass is 437 g/mol. The fraction of sp³-hybridized carbons (Fsp3) is 0.556. The first kappa shape index (κ1) is 21.7. The van der Waals surface area contributed by atoms with Crippen LogP contribution in [-0.2, 0) is 6.42 Å². The highest BCUT2D eigenvalue weighted by Crippen LogP contribution is 2.45. The average Bonchev–Trinajstić information content (AvgIpc) is 2.81. The third-order valence-electron chi connectivity index (χ3n) is 7.79. The van der Waals surface area contributed by atoms with Gasteiger partial charge in [0.1, 0.15) is 11.5 Å². The Hall–Kier alpha value is -2.08. The standard InChI is InChI=1S/C27H35NO4/c1-31-26-10-7-17-6-9-21(29)14-19-4-3-5-20-15-22(30)16-25(28(19)20)18-8-11-27(32-2)24(13-18)23(26)12-17/h7-8,10-13,19-22,25,29-30H,3-6,9,14-16H2,1-2H3. The minimum absolute atomic E-state index is 0.140. The molecule has 0 radical (unpaired) electrons. The van der Waals surface area contributed by atoms with Crippen LogP contribution in [-0.4, -0.2) is 53.6 Å². The van der Waals surface area contributed by atoms with Gasteiger partial charge in [-0.1, -0.05) is 18.6 Å². The lowest BCUT2D eigenvalue weighted by Crippen LogP contribution is -2.54. The highest BCUT2D eigenvalue weighted by molar-refractivity contribution is 5.77. The summed E-state index contributed by atoms with van der Waals surface area (Å²) in [6.07, 6.45) is 6.74. The Balaban J connectivity index is 1.68. The normalized spacial score (nSPS) is 30.3. The molecular weight excluding hydrogens is 402 g/mol. The number of nitrogens with zero attached hydrogens (tertiary/aromatic N) is 1.